The molecule has 5 aromatic rings. The average molecular weight is 443 g/mol. The molecule has 0 saturated heterocycles. The molecule has 6 heteroatoms. The molecule has 2 heterocycles. The number of carbonyl (C=O) groups is 1. The lowest BCUT2D eigenvalue weighted by molar-refractivity contribution is 0.0997. The summed E-state index contributed by atoms with van der Waals surface area (Å²) in [5, 5.41) is 3.53. The van der Waals surface area contributed by atoms with Crippen LogP contribution in [-0.4, -0.2) is 10.9 Å². The van der Waals surface area contributed by atoms with E-state index >= 15 is 0 Å². The monoisotopic (exact) mass is 442 g/mol. The van der Waals surface area contributed by atoms with Crippen LogP contribution in [0.2, 0.25) is 5.02 Å². The van der Waals surface area contributed by atoms with E-state index in [4.69, 9.17) is 20.4 Å². The number of nitrogens with one attached hydrogen (secondary N) is 1. The molecule has 0 spiro atoms. The van der Waals surface area contributed by atoms with Crippen LogP contribution >= 0.6 is 11.6 Å². The molecule has 0 aliphatic heterocycles. The van der Waals surface area contributed by atoms with Gasteiger partial charge in [0.15, 0.2) is 11.3 Å². The Morgan fingerprint density at radius 2 is 1.78 bits per heavy atom. The van der Waals surface area contributed by atoms with E-state index in [9.17, 15) is 4.79 Å². The third-order valence-electron chi connectivity index (χ3n) is 5.22. The van der Waals surface area contributed by atoms with Crippen molar-refractivity contribution >= 4 is 34.3 Å². The van der Waals surface area contributed by atoms with Gasteiger partial charge in [0.25, 0.3) is 5.91 Å². The number of amides is 1. The first-order chi connectivity index (χ1) is 15.5. The minimum Gasteiger partial charge on any atom is -0.451 e. The highest BCUT2D eigenvalue weighted by molar-refractivity contribution is 6.30. The van der Waals surface area contributed by atoms with Crippen molar-refractivity contribution in [2.45, 2.75) is 13.8 Å². The van der Waals surface area contributed by atoms with Crippen LogP contribution in [0.1, 0.15) is 21.7 Å². The summed E-state index contributed by atoms with van der Waals surface area (Å²) < 4.78 is 11.7. The Labute approximate surface area is 189 Å². The maximum atomic E-state index is 12.8. The van der Waals surface area contributed by atoms with E-state index in [0.717, 1.165) is 33.4 Å². The first kappa shape index (κ1) is 20.1. The predicted molar refractivity (Wildman–Crippen MR) is 126 cm³/mol. The molecule has 0 saturated carbocycles. The molecule has 32 heavy (non-hydrogen) atoms. The van der Waals surface area contributed by atoms with Crippen molar-refractivity contribution < 1.29 is 13.6 Å². The minimum atomic E-state index is -0.341. The van der Waals surface area contributed by atoms with Gasteiger partial charge < -0.3 is 14.2 Å². The van der Waals surface area contributed by atoms with Crippen LogP contribution in [-0.2, 0) is 0 Å². The first-order valence-corrected chi connectivity index (χ1v) is 10.5. The highest BCUT2D eigenvalue weighted by atomic mass is 35.5. The van der Waals surface area contributed by atoms with Gasteiger partial charge in [-0.05, 0) is 73.5 Å². The number of anilines is 1. The lowest BCUT2D eigenvalue weighted by Gasteiger charge is -2.08. The molecule has 1 amide bonds. The predicted octanol–water partition coefficient (Wildman–Crippen LogP) is 7.28. The molecule has 1 N–H and O–H groups in total. The maximum absolute atomic E-state index is 12.8. The first-order valence-electron chi connectivity index (χ1n) is 10.1. The number of nitrogens with zero attached hydrogens (tertiary/aromatic N) is 1. The highest BCUT2D eigenvalue weighted by Gasteiger charge is 2.16. The van der Waals surface area contributed by atoms with Crippen LogP contribution in [0.15, 0.2) is 81.6 Å². The van der Waals surface area contributed by atoms with Crippen molar-refractivity contribution in [3.8, 4) is 22.8 Å². The fraction of sp³-hybridized carbons (Fsp3) is 0.0769. The van der Waals surface area contributed by atoms with Crippen LogP contribution in [0.25, 0.3) is 33.9 Å². The zero-order chi connectivity index (χ0) is 22.2. The van der Waals surface area contributed by atoms with Crippen LogP contribution < -0.4 is 5.32 Å². The second kappa shape index (κ2) is 8.02. The number of halogens is 1. The van der Waals surface area contributed by atoms with Gasteiger partial charge in [-0.25, -0.2) is 4.98 Å². The van der Waals surface area contributed by atoms with Crippen molar-refractivity contribution in [2.24, 2.45) is 0 Å². The summed E-state index contributed by atoms with van der Waals surface area (Å²) in [7, 11) is 0. The van der Waals surface area contributed by atoms with E-state index in [2.05, 4.69) is 10.3 Å². The number of rotatable bonds is 4. The van der Waals surface area contributed by atoms with Gasteiger partial charge in [0.1, 0.15) is 11.3 Å². The van der Waals surface area contributed by atoms with E-state index in [1.165, 1.54) is 0 Å². The Hall–Kier alpha value is -3.83. The van der Waals surface area contributed by atoms with E-state index in [1.807, 2.05) is 62.4 Å². The zero-order valence-corrected chi connectivity index (χ0v) is 18.2. The number of aromatic nitrogens is 1. The van der Waals surface area contributed by atoms with Crippen molar-refractivity contribution in [1.82, 2.24) is 4.98 Å². The summed E-state index contributed by atoms with van der Waals surface area (Å²) >= 11 is 6.05. The summed E-state index contributed by atoms with van der Waals surface area (Å²) in [6.45, 7) is 3.93. The summed E-state index contributed by atoms with van der Waals surface area (Å²) in [4.78, 5) is 17.4. The van der Waals surface area contributed by atoms with Crippen molar-refractivity contribution in [2.75, 3.05) is 5.32 Å². The molecule has 158 valence electrons. The normalized spacial score (nSPS) is 11.1. The quantitative estimate of drug-likeness (QED) is 0.317. The number of fused-ring (bicyclic) bond motifs is 1. The minimum absolute atomic E-state index is 0.210. The summed E-state index contributed by atoms with van der Waals surface area (Å²) in [6.07, 6.45) is 0. The Morgan fingerprint density at radius 3 is 2.62 bits per heavy atom. The fourth-order valence-corrected chi connectivity index (χ4v) is 3.68. The second-order valence-corrected chi connectivity index (χ2v) is 8.08. The van der Waals surface area contributed by atoms with Crippen molar-refractivity contribution in [3.05, 3.63) is 94.7 Å². The molecule has 0 radical (unpaired) electrons. The largest absolute Gasteiger partial charge is 0.451 e. The molecule has 0 unspecified atom stereocenters. The van der Waals surface area contributed by atoms with Crippen LogP contribution in [0.4, 0.5) is 5.69 Å². The van der Waals surface area contributed by atoms with Gasteiger partial charge in [0.05, 0.1) is 0 Å². The Bertz CT molecular complexity index is 1470. The summed E-state index contributed by atoms with van der Waals surface area (Å²) in [6, 6.07) is 22.3. The standard InChI is InChI=1S/C26H19ClN2O3/c1-15-6-9-20-24(12-15)32-26(29-20)18-8-7-16(2)21(14-18)28-25(30)23-11-10-22(31-23)17-4-3-5-19(27)13-17/h3-14H,1-2H3,(H,28,30). The fourth-order valence-electron chi connectivity index (χ4n) is 3.49. The molecule has 0 atom stereocenters. The number of oxazole rings is 1. The third kappa shape index (κ3) is 3.90. The molecular formula is C26H19ClN2O3. The number of hydrogen-bond donors (Lipinski definition) is 1. The Kier molecular flexibility index (Phi) is 5.04. The van der Waals surface area contributed by atoms with Crippen molar-refractivity contribution in [1.29, 1.82) is 0 Å². The lowest BCUT2D eigenvalue weighted by Crippen LogP contribution is -2.11. The number of hydrogen-bond acceptors (Lipinski definition) is 4. The van der Waals surface area contributed by atoms with Crippen LogP contribution in [0.3, 0.4) is 0 Å². The molecule has 0 aliphatic rings. The topological polar surface area (TPSA) is 68.3 Å². The average Bonchev–Trinajstić information content (AvgIpc) is 3.42. The number of furan rings is 1. The summed E-state index contributed by atoms with van der Waals surface area (Å²) in [5.41, 5.74) is 5.78. The number of carbonyl (C=O) groups excluding carboxylic acids is 1. The lowest BCUT2D eigenvalue weighted by atomic mass is 10.1. The molecule has 5 nitrogen and oxygen atoms in total. The second-order valence-electron chi connectivity index (χ2n) is 7.65. The van der Waals surface area contributed by atoms with E-state index < -0.39 is 0 Å². The van der Waals surface area contributed by atoms with Gasteiger partial charge in [-0.15, -0.1) is 0 Å². The SMILES string of the molecule is Cc1ccc2nc(-c3ccc(C)c(NC(=O)c4ccc(-c5cccc(Cl)c5)o4)c3)oc2c1. The van der Waals surface area contributed by atoms with Gasteiger partial charge in [0.2, 0.25) is 5.89 Å². The van der Waals surface area contributed by atoms with Gasteiger partial charge in [-0.1, -0.05) is 35.9 Å². The van der Waals surface area contributed by atoms with Gasteiger partial charge in [-0.3, -0.25) is 4.79 Å². The zero-order valence-electron chi connectivity index (χ0n) is 17.5. The Morgan fingerprint density at radius 1 is 0.906 bits per heavy atom. The molecule has 5 rings (SSSR count). The van der Waals surface area contributed by atoms with E-state index in [-0.39, 0.29) is 11.7 Å². The number of benzene rings is 3. The van der Waals surface area contributed by atoms with Crippen LogP contribution in [0, 0.1) is 13.8 Å². The third-order valence-corrected chi connectivity index (χ3v) is 5.45. The van der Waals surface area contributed by atoms with E-state index in [0.29, 0.717) is 22.4 Å². The van der Waals surface area contributed by atoms with Gasteiger partial charge in [-0.2, -0.15) is 0 Å². The molecule has 2 aromatic heterocycles. The molecule has 0 fully saturated rings. The van der Waals surface area contributed by atoms with Crippen LogP contribution in [0.5, 0.6) is 0 Å². The molecular weight excluding hydrogens is 424 g/mol. The summed E-state index contributed by atoms with van der Waals surface area (Å²) in [5.74, 6) is 0.945. The van der Waals surface area contributed by atoms with E-state index in [1.54, 1.807) is 24.3 Å². The van der Waals surface area contributed by atoms with Gasteiger partial charge in [0, 0.05) is 21.8 Å². The molecule has 0 aliphatic carbocycles. The highest BCUT2D eigenvalue weighted by Crippen LogP contribution is 2.29. The maximum Gasteiger partial charge on any atom is 0.291 e. The van der Waals surface area contributed by atoms with Crippen molar-refractivity contribution in [3.63, 3.8) is 0 Å². The van der Waals surface area contributed by atoms with Gasteiger partial charge >= 0.3 is 0 Å². The number of aryl methyl sites for hydroxylation is 2. The smallest absolute Gasteiger partial charge is 0.291 e. The molecule has 3 aromatic carbocycles. The molecule has 0 bridgehead atoms. The Balaban J connectivity index is 1.41.